The van der Waals surface area contributed by atoms with Gasteiger partial charge in [0, 0.05) is 25.2 Å². The lowest BCUT2D eigenvalue weighted by Crippen LogP contribution is -2.34. The maximum Gasteiger partial charge on any atom is 0.404 e. The quantitative estimate of drug-likeness (QED) is 0.721. The fourth-order valence-electron chi connectivity index (χ4n) is 1.99. The van der Waals surface area contributed by atoms with Gasteiger partial charge in [0.2, 0.25) is 0 Å². The topological polar surface area (TPSA) is 89.9 Å². The molecule has 0 fully saturated rings. The van der Waals surface area contributed by atoms with Crippen molar-refractivity contribution in [3.63, 3.8) is 0 Å². The summed E-state index contributed by atoms with van der Waals surface area (Å²) in [5.74, 6) is -0.118. The largest absolute Gasteiger partial charge is 0.465 e. The number of nitrogens with one attached hydrogen (secondary N) is 1. The fraction of sp³-hybridized carbons (Fsp3) is 0.333. The van der Waals surface area contributed by atoms with Crippen molar-refractivity contribution in [1.29, 1.82) is 0 Å². The first kappa shape index (κ1) is 12.4. The minimum atomic E-state index is -1.10. The molecular formula is C12H14N2O4. The van der Waals surface area contributed by atoms with Gasteiger partial charge in [-0.3, -0.25) is 4.79 Å². The predicted molar refractivity (Wildman–Crippen MR) is 63.1 cm³/mol. The second kappa shape index (κ2) is 5.05. The molecule has 1 aromatic carbocycles. The monoisotopic (exact) mass is 250 g/mol. The molecule has 0 unspecified atom stereocenters. The van der Waals surface area contributed by atoms with Crippen LogP contribution in [-0.2, 0) is 13.2 Å². The van der Waals surface area contributed by atoms with Crippen LogP contribution in [-0.4, -0.2) is 40.2 Å². The number of nitrogens with zero attached hydrogens (tertiary/aromatic N) is 1. The first-order valence-corrected chi connectivity index (χ1v) is 5.60. The number of rotatable bonds is 4. The highest BCUT2D eigenvalue weighted by Crippen LogP contribution is 2.23. The van der Waals surface area contributed by atoms with E-state index in [-0.39, 0.29) is 19.1 Å². The van der Waals surface area contributed by atoms with Crippen molar-refractivity contribution in [2.24, 2.45) is 0 Å². The van der Waals surface area contributed by atoms with E-state index in [0.29, 0.717) is 24.2 Å². The summed E-state index contributed by atoms with van der Waals surface area (Å²) in [5.41, 5.74) is 2.21. The molecular weight excluding hydrogens is 236 g/mol. The number of fused-ring (bicyclic) bond motifs is 1. The third kappa shape index (κ3) is 2.43. The van der Waals surface area contributed by atoms with Crippen LogP contribution in [0.15, 0.2) is 18.2 Å². The molecule has 0 spiro atoms. The number of amides is 2. The average molecular weight is 250 g/mol. The van der Waals surface area contributed by atoms with Crippen LogP contribution in [0.3, 0.4) is 0 Å². The summed E-state index contributed by atoms with van der Waals surface area (Å²) in [5, 5.41) is 19.7. The van der Waals surface area contributed by atoms with Crippen molar-refractivity contribution in [2.45, 2.75) is 13.2 Å². The maximum absolute atomic E-state index is 12.0. The summed E-state index contributed by atoms with van der Waals surface area (Å²) >= 11 is 0. The fourth-order valence-corrected chi connectivity index (χ4v) is 1.99. The molecule has 2 rings (SSSR count). The summed E-state index contributed by atoms with van der Waals surface area (Å²) < 4.78 is 0. The van der Waals surface area contributed by atoms with Gasteiger partial charge in [0.25, 0.3) is 5.91 Å². The second-order valence-corrected chi connectivity index (χ2v) is 4.11. The van der Waals surface area contributed by atoms with E-state index in [1.165, 1.54) is 0 Å². The van der Waals surface area contributed by atoms with E-state index in [1.54, 1.807) is 17.0 Å². The van der Waals surface area contributed by atoms with Crippen LogP contribution in [0.25, 0.3) is 0 Å². The standard InChI is InChI=1S/C12H14N2O4/c15-7-8-1-2-9-6-14(4-3-13-12(17)18)11(16)10(9)5-8/h1-2,5,13,15H,3-4,6-7H2,(H,17,18). The molecule has 0 saturated heterocycles. The van der Waals surface area contributed by atoms with Gasteiger partial charge in [-0.15, -0.1) is 0 Å². The van der Waals surface area contributed by atoms with Crippen LogP contribution in [0.1, 0.15) is 21.5 Å². The molecule has 18 heavy (non-hydrogen) atoms. The van der Waals surface area contributed by atoms with Crippen LogP contribution in [0.5, 0.6) is 0 Å². The summed E-state index contributed by atoms with van der Waals surface area (Å²) in [7, 11) is 0. The third-order valence-electron chi connectivity index (χ3n) is 2.89. The summed E-state index contributed by atoms with van der Waals surface area (Å²) in [4.78, 5) is 23.9. The Bertz CT molecular complexity index is 487. The molecule has 6 nitrogen and oxygen atoms in total. The van der Waals surface area contributed by atoms with E-state index in [1.807, 2.05) is 6.07 Å². The zero-order chi connectivity index (χ0) is 13.1. The van der Waals surface area contributed by atoms with Gasteiger partial charge in [0.05, 0.1) is 6.61 Å². The van der Waals surface area contributed by atoms with Crippen molar-refractivity contribution >= 4 is 12.0 Å². The lowest BCUT2D eigenvalue weighted by Gasteiger charge is -2.14. The van der Waals surface area contributed by atoms with E-state index in [9.17, 15) is 9.59 Å². The van der Waals surface area contributed by atoms with Crippen LogP contribution >= 0.6 is 0 Å². The van der Waals surface area contributed by atoms with Gasteiger partial charge in [-0.05, 0) is 17.2 Å². The van der Waals surface area contributed by atoms with Gasteiger partial charge >= 0.3 is 6.09 Å². The number of aliphatic hydroxyl groups is 1. The highest BCUT2D eigenvalue weighted by molar-refractivity contribution is 5.98. The third-order valence-corrected chi connectivity index (χ3v) is 2.89. The highest BCUT2D eigenvalue weighted by atomic mass is 16.4. The molecule has 0 aliphatic carbocycles. The number of hydrogen-bond acceptors (Lipinski definition) is 3. The average Bonchev–Trinajstić information content (AvgIpc) is 2.66. The second-order valence-electron chi connectivity index (χ2n) is 4.11. The van der Waals surface area contributed by atoms with Crippen LogP contribution < -0.4 is 5.32 Å². The Morgan fingerprint density at radius 1 is 1.44 bits per heavy atom. The minimum absolute atomic E-state index is 0.0961. The first-order chi connectivity index (χ1) is 8.61. The lowest BCUT2D eigenvalue weighted by molar-refractivity contribution is 0.0778. The molecule has 1 aromatic rings. The molecule has 0 atom stereocenters. The molecule has 1 aliphatic rings. The van der Waals surface area contributed by atoms with Gasteiger partial charge in [-0.25, -0.2) is 4.79 Å². The predicted octanol–water partition coefficient (Wildman–Crippen LogP) is 0.402. The Morgan fingerprint density at radius 2 is 2.22 bits per heavy atom. The Balaban J connectivity index is 2.03. The van der Waals surface area contributed by atoms with E-state index in [4.69, 9.17) is 10.2 Å². The number of benzene rings is 1. The molecule has 3 N–H and O–H groups in total. The van der Waals surface area contributed by atoms with E-state index >= 15 is 0 Å². The van der Waals surface area contributed by atoms with Crippen LogP contribution in [0.2, 0.25) is 0 Å². The molecule has 1 heterocycles. The summed E-state index contributed by atoms with van der Waals surface area (Å²) in [6.07, 6.45) is -1.10. The van der Waals surface area contributed by atoms with Gasteiger partial charge in [0.15, 0.2) is 0 Å². The molecule has 0 aromatic heterocycles. The zero-order valence-electron chi connectivity index (χ0n) is 9.72. The normalized spacial score (nSPS) is 13.6. The van der Waals surface area contributed by atoms with Gasteiger partial charge in [-0.2, -0.15) is 0 Å². The van der Waals surface area contributed by atoms with Crippen LogP contribution in [0, 0.1) is 0 Å². The van der Waals surface area contributed by atoms with Gasteiger partial charge < -0.3 is 20.4 Å². The van der Waals surface area contributed by atoms with E-state index in [2.05, 4.69) is 5.32 Å². The number of aliphatic hydroxyl groups excluding tert-OH is 1. The zero-order valence-corrected chi connectivity index (χ0v) is 9.72. The Hall–Kier alpha value is -2.08. The van der Waals surface area contributed by atoms with Gasteiger partial charge in [-0.1, -0.05) is 12.1 Å². The van der Waals surface area contributed by atoms with Crippen molar-refractivity contribution in [3.8, 4) is 0 Å². The molecule has 0 bridgehead atoms. The van der Waals surface area contributed by atoms with Crippen molar-refractivity contribution < 1.29 is 19.8 Å². The number of carbonyl (C=O) groups excluding carboxylic acids is 1. The molecule has 2 amide bonds. The number of carboxylic acid groups (broad SMARTS) is 1. The number of carbonyl (C=O) groups is 2. The molecule has 0 saturated carbocycles. The van der Waals surface area contributed by atoms with Crippen molar-refractivity contribution in [3.05, 3.63) is 34.9 Å². The Kier molecular flexibility index (Phi) is 3.47. The maximum atomic E-state index is 12.0. The first-order valence-electron chi connectivity index (χ1n) is 5.60. The van der Waals surface area contributed by atoms with Gasteiger partial charge in [0.1, 0.15) is 0 Å². The minimum Gasteiger partial charge on any atom is -0.465 e. The smallest absolute Gasteiger partial charge is 0.404 e. The Labute approximate surface area is 104 Å². The van der Waals surface area contributed by atoms with Crippen LogP contribution in [0.4, 0.5) is 4.79 Å². The molecule has 0 radical (unpaired) electrons. The van der Waals surface area contributed by atoms with Crippen molar-refractivity contribution in [2.75, 3.05) is 13.1 Å². The lowest BCUT2D eigenvalue weighted by atomic mass is 10.1. The number of hydrogen-bond donors (Lipinski definition) is 3. The van der Waals surface area contributed by atoms with E-state index < -0.39 is 6.09 Å². The summed E-state index contributed by atoms with van der Waals surface area (Å²) in [6, 6.07) is 5.29. The molecule has 1 aliphatic heterocycles. The van der Waals surface area contributed by atoms with Crippen molar-refractivity contribution in [1.82, 2.24) is 10.2 Å². The Morgan fingerprint density at radius 3 is 2.89 bits per heavy atom. The summed E-state index contributed by atoms with van der Waals surface area (Å²) in [6.45, 7) is 0.943. The molecule has 6 heteroatoms. The highest BCUT2D eigenvalue weighted by Gasteiger charge is 2.26. The SMILES string of the molecule is O=C(O)NCCN1Cc2ccc(CO)cc2C1=O. The van der Waals surface area contributed by atoms with E-state index in [0.717, 1.165) is 5.56 Å². The molecule has 96 valence electrons.